The molecule has 3 heterocycles. The van der Waals surface area contributed by atoms with Gasteiger partial charge in [0.1, 0.15) is 0 Å². The number of methoxy groups -OCH3 is 2. The molecule has 1 unspecified atom stereocenters. The summed E-state index contributed by atoms with van der Waals surface area (Å²) in [6.07, 6.45) is 2.52. The normalized spacial score (nSPS) is 19.2. The maximum atomic E-state index is 13.3. The van der Waals surface area contributed by atoms with E-state index in [0.717, 1.165) is 30.4 Å². The topological polar surface area (TPSA) is 103 Å². The molecule has 0 N–H and O–H groups in total. The highest BCUT2D eigenvalue weighted by Gasteiger charge is 2.44. The molecule has 2 saturated heterocycles. The largest absolute Gasteiger partial charge is 0.493 e. The van der Waals surface area contributed by atoms with Gasteiger partial charge in [-0.05, 0) is 54.3 Å². The van der Waals surface area contributed by atoms with Gasteiger partial charge in [0.25, 0.3) is 5.91 Å². The van der Waals surface area contributed by atoms with Gasteiger partial charge >= 0.3 is 0 Å². The molecule has 2 fully saturated rings. The minimum Gasteiger partial charge on any atom is -0.493 e. The smallest absolute Gasteiger partial charge is 0.251 e. The van der Waals surface area contributed by atoms with Crippen molar-refractivity contribution in [1.82, 2.24) is 25.1 Å². The maximum Gasteiger partial charge on any atom is 0.251 e. The van der Waals surface area contributed by atoms with Crippen molar-refractivity contribution >= 4 is 17.5 Å². The number of carbonyl (C=O) groups is 2. The third-order valence-corrected chi connectivity index (χ3v) is 7.07. The Morgan fingerprint density at radius 2 is 1.75 bits per heavy atom. The summed E-state index contributed by atoms with van der Waals surface area (Å²) in [6, 6.07) is 12.8. The third-order valence-electron chi connectivity index (χ3n) is 7.07. The van der Waals surface area contributed by atoms with Crippen LogP contribution in [0, 0.1) is 0 Å². The Balaban J connectivity index is 1.25. The number of amides is 2. The van der Waals surface area contributed by atoms with E-state index in [1.165, 1.54) is 4.90 Å². The zero-order valence-electron chi connectivity index (χ0n) is 20.8. The van der Waals surface area contributed by atoms with Crippen LogP contribution >= 0.6 is 0 Å². The van der Waals surface area contributed by atoms with Gasteiger partial charge in [0.05, 0.1) is 38.4 Å². The second-order valence-corrected chi connectivity index (χ2v) is 9.04. The third kappa shape index (κ3) is 4.32. The van der Waals surface area contributed by atoms with Gasteiger partial charge in [-0.15, -0.1) is 10.2 Å². The zero-order chi connectivity index (χ0) is 25.2. The van der Waals surface area contributed by atoms with E-state index in [0.29, 0.717) is 36.1 Å². The maximum absolute atomic E-state index is 13.3. The molecule has 2 amide bonds. The van der Waals surface area contributed by atoms with Gasteiger partial charge in [-0.25, -0.2) is 4.90 Å². The number of piperidine rings is 1. The highest BCUT2D eigenvalue weighted by Crippen LogP contribution is 2.33. The molecule has 0 saturated carbocycles. The van der Waals surface area contributed by atoms with Crippen molar-refractivity contribution < 1.29 is 19.1 Å². The quantitative estimate of drug-likeness (QED) is 0.466. The van der Waals surface area contributed by atoms with E-state index in [9.17, 15) is 9.59 Å². The molecular weight excluding hydrogens is 460 g/mol. The molecule has 2 aliphatic heterocycles. The average molecular weight is 491 g/mol. The van der Waals surface area contributed by atoms with Crippen LogP contribution in [0.3, 0.4) is 0 Å². The number of likely N-dealkylation sites (tertiary alicyclic amines) is 1. The lowest BCUT2D eigenvalue weighted by Gasteiger charge is -2.34. The predicted octanol–water partition coefficient (Wildman–Crippen LogP) is 2.89. The number of imide groups is 1. The van der Waals surface area contributed by atoms with Crippen LogP contribution < -0.4 is 14.4 Å². The highest BCUT2D eigenvalue weighted by atomic mass is 16.5. The molecule has 10 heteroatoms. The van der Waals surface area contributed by atoms with Crippen LogP contribution in [0.25, 0.3) is 11.4 Å². The van der Waals surface area contributed by atoms with Crippen LogP contribution in [0.15, 0.2) is 42.5 Å². The molecule has 0 aliphatic carbocycles. The molecule has 188 valence electrons. The number of aryl methyl sites for hydroxylation is 1. The number of tetrazole rings is 1. The molecule has 0 bridgehead atoms. The number of nitrogens with zero attached hydrogens (tertiary/aromatic N) is 6. The first kappa shape index (κ1) is 23.9. The van der Waals surface area contributed by atoms with E-state index < -0.39 is 6.04 Å². The summed E-state index contributed by atoms with van der Waals surface area (Å²) in [4.78, 5) is 31.3. The second-order valence-electron chi connectivity index (χ2n) is 9.04. The van der Waals surface area contributed by atoms with Crippen molar-refractivity contribution in [3.8, 4) is 22.9 Å². The van der Waals surface area contributed by atoms with Gasteiger partial charge in [-0.3, -0.25) is 14.5 Å². The molecule has 36 heavy (non-hydrogen) atoms. The minimum atomic E-state index is -0.422. The molecule has 5 rings (SSSR count). The number of hydrogen-bond donors (Lipinski definition) is 0. The summed E-state index contributed by atoms with van der Waals surface area (Å²) in [5.74, 6) is 1.49. The lowest BCUT2D eigenvalue weighted by Crippen LogP contribution is -2.46. The molecule has 0 spiro atoms. The van der Waals surface area contributed by atoms with E-state index in [1.807, 2.05) is 49.4 Å². The minimum absolute atomic E-state index is 0.0757. The summed E-state index contributed by atoms with van der Waals surface area (Å²) in [5, 5.41) is 13.1. The van der Waals surface area contributed by atoms with E-state index in [2.05, 4.69) is 20.3 Å². The fourth-order valence-corrected chi connectivity index (χ4v) is 5.08. The summed E-state index contributed by atoms with van der Waals surface area (Å²) < 4.78 is 10.7. The van der Waals surface area contributed by atoms with Crippen LogP contribution in [0.1, 0.15) is 37.8 Å². The number of carbonyl (C=O) groups excluding carboxylic acids is 2. The first-order valence-corrected chi connectivity index (χ1v) is 12.2. The van der Waals surface area contributed by atoms with Gasteiger partial charge in [0, 0.05) is 18.7 Å². The van der Waals surface area contributed by atoms with Gasteiger partial charge < -0.3 is 9.47 Å². The lowest BCUT2D eigenvalue weighted by molar-refractivity contribution is -0.123. The van der Waals surface area contributed by atoms with E-state index in [4.69, 9.17) is 9.47 Å². The summed E-state index contributed by atoms with van der Waals surface area (Å²) in [6.45, 7) is 3.40. The van der Waals surface area contributed by atoms with Crippen LogP contribution in [0.5, 0.6) is 11.5 Å². The molecule has 0 radical (unpaired) electrons. The SMILES string of the molecule is CCc1ccccc1N1C(=O)CC(N2CCC(n3nnc(-c4ccc(OC)c(OC)c4)n3)CC2)C1=O. The number of benzene rings is 2. The lowest BCUT2D eigenvalue weighted by atomic mass is 10.0. The van der Waals surface area contributed by atoms with E-state index >= 15 is 0 Å². The van der Waals surface area contributed by atoms with Crippen molar-refractivity contribution in [2.45, 2.75) is 44.7 Å². The van der Waals surface area contributed by atoms with Crippen molar-refractivity contribution in [1.29, 1.82) is 0 Å². The Morgan fingerprint density at radius 1 is 1.00 bits per heavy atom. The standard InChI is InChI=1S/C26H30N6O4/c1-4-17-7-5-6-8-20(17)31-24(33)16-21(26(31)34)30-13-11-19(12-14-30)32-28-25(27-29-32)18-9-10-22(35-2)23(15-18)36-3/h5-10,15,19,21H,4,11-14,16H2,1-3H3. The average Bonchev–Trinajstić information content (AvgIpc) is 3.53. The van der Waals surface area contributed by atoms with Crippen molar-refractivity contribution in [2.75, 3.05) is 32.2 Å². The summed E-state index contributed by atoms with van der Waals surface area (Å²) in [5.41, 5.74) is 2.50. The number of ether oxygens (including phenoxy) is 2. The number of anilines is 1. The Morgan fingerprint density at radius 3 is 2.47 bits per heavy atom. The molecule has 2 aliphatic rings. The van der Waals surface area contributed by atoms with Crippen LogP contribution in [-0.4, -0.2) is 70.3 Å². The molecule has 3 aromatic rings. The van der Waals surface area contributed by atoms with Gasteiger partial charge in [0.15, 0.2) is 11.5 Å². The molecule has 2 aromatic carbocycles. The zero-order valence-corrected chi connectivity index (χ0v) is 20.8. The number of rotatable bonds is 7. The van der Waals surface area contributed by atoms with Gasteiger partial charge in [-0.2, -0.15) is 4.80 Å². The van der Waals surface area contributed by atoms with Crippen LogP contribution in [0.2, 0.25) is 0 Å². The first-order chi connectivity index (χ1) is 17.5. The summed E-state index contributed by atoms with van der Waals surface area (Å²) in [7, 11) is 3.18. The fraction of sp³-hybridized carbons (Fsp3) is 0.423. The van der Waals surface area contributed by atoms with Crippen LogP contribution in [-0.2, 0) is 16.0 Å². The summed E-state index contributed by atoms with van der Waals surface area (Å²) >= 11 is 0. The Kier molecular flexibility index (Phi) is 6.69. The number of hydrogen-bond acceptors (Lipinski definition) is 8. The number of para-hydroxylation sites is 1. The van der Waals surface area contributed by atoms with Crippen LogP contribution in [0.4, 0.5) is 5.69 Å². The first-order valence-electron chi connectivity index (χ1n) is 12.2. The molecule has 10 nitrogen and oxygen atoms in total. The van der Waals surface area contributed by atoms with E-state index in [1.54, 1.807) is 19.0 Å². The van der Waals surface area contributed by atoms with Crippen molar-refractivity contribution in [2.24, 2.45) is 0 Å². The van der Waals surface area contributed by atoms with Crippen molar-refractivity contribution in [3.05, 3.63) is 48.0 Å². The van der Waals surface area contributed by atoms with E-state index in [-0.39, 0.29) is 24.3 Å². The Hall–Kier alpha value is -3.79. The molecule has 1 atom stereocenters. The molecule has 1 aromatic heterocycles. The highest BCUT2D eigenvalue weighted by molar-refractivity contribution is 6.22. The van der Waals surface area contributed by atoms with Gasteiger partial charge in [0.2, 0.25) is 11.7 Å². The molecular formula is C26H30N6O4. The Bertz CT molecular complexity index is 1270. The van der Waals surface area contributed by atoms with Crippen molar-refractivity contribution in [3.63, 3.8) is 0 Å². The predicted molar refractivity (Wildman–Crippen MR) is 133 cm³/mol. The Labute approximate surface area is 209 Å². The fourth-order valence-electron chi connectivity index (χ4n) is 5.08. The number of aromatic nitrogens is 4. The van der Waals surface area contributed by atoms with Gasteiger partial charge in [-0.1, -0.05) is 25.1 Å². The second kappa shape index (κ2) is 10.1. The monoisotopic (exact) mass is 490 g/mol.